The molecule has 0 aliphatic rings. The van der Waals surface area contributed by atoms with Crippen molar-refractivity contribution in [3.05, 3.63) is 69.8 Å². The standard InChI is InChI=1S/C16H13N3O6/c1-10(20)24-14-7-5-11(6-8-14)16(21)25-18-15(17)12-3-2-4-13(9-12)19(22)23/h2-9H,1H3,(H2,17,18). The molecule has 0 radical (unpaired) electrons. The Hall–Kier alpha value is -3.75. The fraction of sp³-hybridized carbons (Fsp3) is 0.0625. The number of nitro groups is 1. The predicted octanol–water partition coefficient (Wildman–Crippen LogP) is 2.00. The molecule has 2 rings (SSSR count). The normalized spacial score (nSPS) is 10.8. The summed E-state index contributed by atoms with van der Waals surface area (Å²) in [5, 5.41) is 14.2. The highest BCUT2D eigenvalue weighted by atomic mass is 16.7. The Morgan fingerprint density at radius 3 is 2.40 bits per heavy atom. The lowest BCUT2D eigenvalue weighted by Gasteiger charge is -2.03. The minimum Gasteiger partial charge on any atom is -0.427 e. The smallest absolute Gasteiger partial charge is 0.365 e. The summed E-state index contributed by atoms with van der Waals surface area (Å²) in [4.78, 5) is 37.6. The maximum Gasteiger partial charge on any atom is 0.365 e. The summed E-state index contributed by atoms with van der Waals surface area (Å²) in [6.07, 6.45) is 0. The van der Waals surface area contributed by atoms with Crippen molar-refractivity contribution < 1.29 is 24.1 Å². The number of carbonyl (C=O) groups is 2. The van der Waals surface area contributed by atoms with Gasteiger partial charge in [-0.25, -0.2) is 4.79 Å². The van der Waals surface area contributed by atoms with Gasteiger partial charge in [-0.2, -0.15) is 0 Å². The summed E-state index contributed by atoms with van der Waals surface area (Å²) in [7, 11) is 0. The van der Waals surface area contributed by atoms with Crippen LogP contribution >= 0.6 is 0 Å². The fourth-order valence-corrected chi connectivity index (χ4v) is 1.80. The van der Waals surface area contributed by atoms with Crippen molar-refractivity contribution >= 4 is 23.5 Å². The first-order chi connectivity index (χ1) is 11.9. The lowest BCUT2D eigenvalue weighted by atomic mass is 10.2. The van der Waals surface area contributed by atoms with Gasteiger partial charge in [-0.3, -0.25) is 14.9 Å². The molecule has 2 aromatic carbocycles. The molecule has 9 heteroatoms. The molecule has 0 fully saturated rings. The van der Waals surface area contributed by atoms with E-state index in [1.807, 2.05) is 0 Å². The molecule has 0 aliphatic heterocycles. The van der Waals surface area contributed by atoms with Gasteiger partial charge in [0.25, 0.3) is 5.69 Å². The van der Waals surface area contributed by atoms with Gasteiger partial charge >= 0.3 is 11.9 Å². The zero-order valence-corrected chi connectivity index (χ0v) is 13.0. The first-order valence-electron chi connectivity index (χ1n) is 6.95. The van der Waals surface area contributed by atoms with Gasteiger partial charge in [0.15, 0.2) is 5.84 Å². The summed E-state index contributed by atoms with van der Waals surface area (Å²) in [5.41, 5.74) is 5.90. The quantitative estimate of drug-likeness (QED) is 0.167. The van der Waals surface area contributed by atoms with E-state index in [1.165, 1.54) is 55.5 Å². The lowest BCUT2D eigenvalue weighted by molar-refractivity contribution is -0.384. The molecule has 0 aliphatic carbocycles. The summed E-state index contributed by atoms with van der Waals surface area (Å²) in [6, 6.07) is 11.1. The van der Waals surface area contributed by atoms with Crippen molar-refractivity contribution in [3.8, 4) is 5.75 Å². The average Bonchev–Trinajstić information content (AvgIpc) is 2.59. The average molecular weight is 343 g/mol. The molecule has 0 unspecified atom stereocenters. The predicted molar refractivity (Wildman–Crippen MR) is 87.0 cm³/mol. The van der Waals surface area contributed by atoms with Crippen LogP contribution < -0.4 is 10.5 Å². The Labute approximate surface area is 141 Å². The number of amidine groups is 1. The van der Waals surface area contributed by atoms with Crippen LogP contribution in [0.25, 0.3) is 0 Å². The van der Waals surface area contributed by atoms with E-state index in [2.05, 4.69) is 5.16 Å². The third kappa shape index (κ3) is 4.86. The Kier molecular flexibility index (Phi) is 5.41. The topological polar surface area (TPSA) is 134 Å². The molecule has 2 aromatic rings. The number of benzene rings is 2. The number of rotatable bonds is 5. The van der Waals surface area contributed by atoms with Crippen LogP contribution in [-0.2, 0) is 9.63 Å². The highest BCUT2D eigenvalue weighted by molar-refractivity contribution is 5.98. The highest BCUT2D eigenvalue weighted by Gasteiger charge is 2.11. The van der Waals surface area contributed by atoms with Crippen LogP contribution in [0.4, 0.5) is 5.69 Å². The molecule has 128 valence electrons. The van der Waals surface area contributed by atoms with Crippen LogP contribution in [-0.4, -0.2) is 22.7 Å². The van der Waals surface area contributed by atoms with E-state index in [-0.39, 0.29) is 28.4 Å². The van der Waals surface area contributed by atoms with Gasteiger partial charge in [0.05, 0.1) is 10.5 Å². The Bertz CT molecular complexity index is 845. The third-order valence-corrected chi connectivity index (χ3v) is 2.93. The molecule has 0 atom stereocenters. The van der Waals surface area contributed by atoms with E-state index in [0.29, 0.717) is 0 Å². The molecule has 0 saturated carbocycles. The SMILES string of the molecule is CC(=O)Oc1ccc(C(=O)O/N=C(\N)c2cccc([N+](=O)[O-])c2)cc1. The van der Waals surface area contributed by atoms with Gasteiger partial charge in [-0.05, 0) is 24.3 Å². The maximum atomic E-state index is 11.9. The van der Waals surface area contributed by atoms with E-state index in [9.17, 15) is 19.7 Å². The van der Waals surface area contributed by atoms with Gasteiger partial charge in [0.2, 0.25) is 0 Å². The molecule has 0 heterocycles. The number of hydrogen-bond donors (Lipinski definition) is 1. The zero-order valence-electron chi connectivity index (χ0n) is 13.0. The van der Waals surface area contributed by atoms with Gasteiger partial charge in [-0.1, -0.05) is 17.3 Å². The van der Waals surface area contributed by atoms with Crippen LogP contribution in [0.5, 0.6) is 5.75 Å². The number of oxime groups is 1. The lowest BCUT2D eigenvalue weighted by Crippen LogP contribution is -2.15. The Morgan fingerprint density at radius 2 is 1.80 bits per heavy atom. The second-order valence-electron chi connectivity index (χ2n) is 4.78. The summed E-state index contributed by atoms with van der Waals surface area (Å²) >= 11 is 0. The monoisotopic (exact) mass is 343 g/mol. The van der Waals surface area contributed by atoms with Gasteiger partial charge in [0, 0.05) is 24.6 Å². The maximum absolute atomic E-state index is 11.9. The van der Waals surface area contributed by atoms with E-state index >= 15 is 0 Å². The number of nitrogens with two attached hydrogens (primary N) is 1. The molecular formula is C16H13N3O6. The molecule has 2 N–H and O–H groups in total. The summed E-state index contributed by atoms with van der Waals surface area (Å²) in [6.45, 7) is 1.26. The van der Waals surface area contributed by atoms with Crippen LogP contribution in [0.2, 0.25) is 0 Å². The third-order valence-electron chi connectivity index (χ3n) is 2.93. The van der Waals surface area contributed by atoms with Crippen LogP contribution in [0.3, 0.4) is 0 Å². The molecule has 0 spiro atoms. The van der Waals surface area contributed by atoms with Crippen LogP contribution in [0, 0.1) is 10.1 Å². The van der Waals surface area contributed by atoms with E-state index < -0.39 is 16.9 Å². The molecule has 9 nitrogen and oxygen atoms in total. The van der Waals surface area contributed by atoms with Crippen molar-refractivity contribution in [1.82, 2.24) is 0 Å². The highest BCUT2D eigenvalue weighted by Crippen LogP contribution is 2.14. The summed E-state index contributed by atoms with van der Waals surface area (Å²) < 4.78 is 4.84. The van der Waals surface area contributed by atoms with Crippen LogP contribution in [0.15, 0.2) is 53.7 Å². The van der Waals surface area contributed by atoms with Crippen LogP contribution in [0.1, 0.15) is 22.8 Å². The van der Waals surface area contributed by atoms with Gasteiger partial charge in [-0.15, -0.1) is 0 Å². The number of ether oxygens (including phenoxy) is 1. The van der Waals surface area contributed by atoms with E-state index in [1.54, 1.807) is 0 Å². The zero-order chi connectivity index (χ0) is 18.4. The number of hydrogen-bond acceptors (Lipinski definition) is 7. The number of non-ortho nitro benzene ring substituents is 1. The van der Waals surface area contributed by atoms with Crippen molar-refractivity contribution in [2.45, 2.75) is 6.92 Å². The molecule has 0 bridgehead atoms. The number of nitro benzene ring substituents is 1. The molecule has 0 amide bonds. The molecule has 25 heavy (non-hydrogen) atoms. The molecule has 0 aromatic heterocycles. The van der Waals surface area contributed by atoms with Crippen molar-refractivity contribution in [2.24, 2.45) is 10.9 Å². The van der Waals surface area contributed by atoms with Gasteiger partial charge in [0.1, 0.15) is 5.75 Å². The minimum atomic E-state index is -0.789. The largest absolute Gasteiger partial charge is 0.427 e. The first kappa shape index (κ1) is 17.6. The number of nitrogens with zero attached hydrogens (tertiary/aromatic N) is 2. The van der Waals surface area contributed by atoms with Gasteiger partial charge < -0.3 is 15.3 Å². The van der Waals surface area contributed by atoms with Crippen molar-refractivity contribution in [3.63, 3.8) is 0 Å². The van der Waals surface area contributed by atoms with Crippen molar-refractivity contribution in [1.29, 1.82) is 0 Å². The molecular weight excluding hydrogens is 330 g/mol. The fourth-order valence-electron chi connectivity index (χ4n) is 1.80. The van der Waals surface area contributed by atoms with Crippen molar-refractivity contribution in [2.75, 3.05) is 0 Å². The molecule has 0 saturated heterocycles. The summed E-state index contributed by atoms with van der Waals surface area (Å²) in [5.74, 6) is -1.18. The number of carbonyl (C=O) groups excluding carboxylic acids is 2. The first-order valence-corrected chi connectivity index (χ1v) is 6.95. The Balaban J connectivity index is 2.07. The number of esters is 1. The van der Waals surface area contributed by atoms with E-state index in [4.69, 9.17) is 15.3 Å². The minimum absolute atomic E-state index is 0.159. The Morgan fingerprint density at radius 1 is 1.12 bits per heavy atom. The second kappa shape index (κ2) is 7.68. The van der Waals surface area contributed by atoms with E-state index in [0.717, 1.165) is 0 Å². The second-order valence-corrected chi connectivity index (χ2v) is 4.78.